The van der Waals surface area contributed by atoms with Gasteiger partial charge >= 0.3 is 0 Å². The summed E-state index contributed by atoms with van der Waals surface area (Å²) in [5, 5.41) is 8.33. The third-order valence-corrected chi connectivity index (χ3v) is 4.15. The lowest BCUT2D eigenvalue weighted by Crippen LogP contribution is -2.48. The number of rotatable bonds is 3. The molecular weight excluding hydrogens is 252 g/mol. The first-order valence-electron chi connectivity index (χ1n) is 7.18. The molecule has 1 saturated carbocycles. The minimum absolute atomic E-state index is 0.0723. The summed E-state index contributed by atoms with van der Waals surface area (Å²) in [6.45, 7) is 2.85. The maximum Gasteiger partial charge on any atom is 0.244 e. The smallest absolute Gasteiger partial charge is 0.244 e. The molecule has 106 valence electrons. The van der Waals surface area contributed by atoms with E-state index >= 15 is 0 Å². The van der Waals surface area contributed by atoms with E-state index in [2.05, 4.69) is 10.4 Å². The summed E-state index contributed by atoms with van der Waals surface area (Å²) >= 11 is 0. The number of anilines is 1. The monoisotopic (exact) mass is 272 g/mol. The number of fused-ring (bicyclic) bond motifs is 1. The Bertz CT molecular complexity index is 640. The third kappa shape index (κ3) is 2.18. The van der Waals surface area contributed by atoms with Crippen LogP contribution >= 0.6 is 0 Å². The number of aromatic nitrogens is 2. The first-order valence-corrected chi connectivity index (χ1v) is 7.18. The van der Waals surface area contributed by atoms with Crippen LogP contribution in [0.25, 0.3) is 10.9 Å². The lowest BCUT2D eigenvalue weighted by Gasteiger charge is -2.22. The first-order chi connectivity index (χ1) is 9.62. The van der Waals surface area contributed by atoms with Gasteiger partial charge in [-0.25, -0.2) is 0 Å². The van der Waals surface area contributed by atoms with Crippen LogP contribution in [-0.2, 0) is 11.3 Å². The molecule has 1 amide bonds. The van der Waals surface area contributed by atoms with Crippen molar-refractivity contribution < 1.29 is 4.79 Å². The van der Waals surface area contributed by atoms with Crippen LogP contribution in [0.1, 0.15) is 32.6 Å². The number of hydrogen-bond acceptors (Lipinski definition) is 3. The zero-order valence-corrected chi connectivity index (χ0v) is 11.7. The van der Waals surface area contributed by atoms with E-state index in [0.29, 0.717) is 0 Å². The van der Waals surface area contributed by atoms with Crippen molar-refractivity contribution >= 4 is 22.5 Å². The van der Waals surface area contributed by atoms with Gasteiger partial charge in [0.15, 0.2) is 0 Å². The number of hydrogen-bond donors (Lipinski definition) is 2. The predicted octanol–water partition coefficient (Wildman–Crippen LogP) is 2.27. The van der Waals surface area contributed by atoms with E-state index < -0.39 is 5.54 Å². The molecule has 0 unspecified atom stereocenters. The molecule has 1 heterocycles. The molecule has 3 rings (SSSR count). The molecule has 0 saturated heterocycles. The molecule has 1 aromatic carbocycles. The van der Waals surface area contributed by atoms with E-state index in [1.165, 1.54) is 0 Å². The van der Waals surface area contributed by atoms with Gasteiger partial charge in [0.1, 0.15) is 0 Å². The largest absolute Gasteiger partial charge is 0.324 e. The van der Waals surface area contributed by atoms with Crippen LogP contribution in [0.15, 0.2) is 24.4 Å². The van der Waals surface area contributed by atoms with E-state index in [1.54, 1.807) is 0 Å². The molecule has 1 fully saturated rings. The van der Waals surface area contributed by atoms with Crippen LogP contribution in [-0.4, -0.2) is 21.2 Å². The number of carbonyl (C=O) groups excluding carboxylic acids is 1. The normalized spacial score (nSPS) is 17.5. The van der Waals surface area contributed by atoms with Gasteiger partial charge < -0.3 is 11.1 Å². The van der Waals surface area contributed by atoms with Crippen LogP contribution in [0.3, 0.4) is 0 Å². The van der Waals surface area contributed by atoms with Crippen LogP contribution in [0, 0.1) is 0 Å². The highest BCUT2D eigenvalue weighted by Gasteiger charge is 2.36. The Morgan fingerprint density at radius 2 is 2.20 bits per heavy atom. The fourth-order valence-electron chi connectivity index (χ4n) is 2.89. The van der Waals surface area contributed by atoms with Gasteiger partial charge in [-0.3, -0.25) is 9.48 Å². The van der Waals surface area contributed by atoms with E-state index in [9.17, 15) is 4.79 Å². The topological polar surface area (TPSA) is 72.9 Å². The number of benzene rings is 1. The van der Waals surface area contributed by atoms with Gasteiger partial charge in [0, 0.05) is 17.6 Å². The van der Waals surface area contributed by atoms with Gasteiger partial charge in [-0.05, 0) is 38.0 Å². The summed E-state index contributed by atoms with van der Waals surface area (Å²) in [5.41, 5.74) is 7.29. The van der Waals surface area contributed by atoms with E-state index in [0.717, 1.165) is 48.8 Å². The molecule has 1 aliphatic rings. The Kier molecular flexibility index (Phi) is 3.22. The van der Waals surface area contributed by atoms with Gasteiger partial charge in [0.05, 0.1) is 17.3 Å². The molecule has 1 aliphatic carbocycles. The molecule has 0 spiro atoms. The fraction of sp³-hybridized carbons (Fsp3) is 0.467. The molecule has 0 aliphatic heterocycles. The zero-order valence-electron chi connectivity index (χ0n) is 11.7. The average Bonchev–Trinajstić information content (AvgIpc) is 3.05. The highest BCUT2D eigenvalue weighted by Crippen LogP contribution is 2.29. The molecule has 0 radical (unpaired) electrons. The Labute approximate surface area is 118 Å². The van der Waals surface area contributed by atoms with Crippen molar-refractivity contribution in [3.63, 3.8) is 0 Å². The molecule has 2 aromatic rings. The lowest BCUT2D eigenvalue weighted by atomic mass is 9.98. The highest BCUT2D eigenvalue weighted by molar-refractivity contribution is 5.99. The van der Waals surface area contributed by atoms with Crippen molar-refractivity contribution in [1.82, 2.24) is 9.78 Å². The maximum absolute atomic E-state index is 12.3. The van der Waals surface area contributed by atoms with Crippen molar-refractivity contribution in [2.75, 3.05) is 5.32 Å². The molecule has 5 nitrogen and oxygen atoms in total. The lowest BCUT2D eigenvalue weighted by molar-refractivity contribution is -0.121. The molecular formula is C15H20N4O. The van der Waals surface area contributed by atoms with Crippen molar-refractivity contribution in [3.05, 3.63) is 24.4 Å². The second-order valence-corrected chi connectivity index (χ2v) is 5.55. The standard InChI is InChI=1S/C15H20N4O/c1-2-19-13-9-12(6-5-11(13)10-17-19)18-14(20)15(16)7-3-4-8-15/h5-6,9-10H,2-4,7-8,16H2,1H3,(H,18,20). The highest BCUT2D eigenvalue weighted by atomic mass is 16.2. The Morgan fingerprint density at radius 1 is 1.45 bits per heavy atom. The van der Waals surface area contributed by atoms with Gasteiger partial charge in [-0.1, -0.05) is 12.8 Å². The van der Waals surface area contributed by atoms with Gasteiger partial charge in [-0.2, -0.15) is 5.10 Å². The zero-order chi connectivity index (χ0) is 14.2. The van der Waals surface area contributed by atoms with Crippen molar-refractivity contribution in [2.24, 2.45) is 5.73 Å². The molecule has 20 heavy (non-hydrogen) atoms. The number of nitrogens with one attached hydrogen (secondary N) is 1. The van der Waals surface area contributed by atoms with Crippen LogP contribution in [0.2, 0.25) is 0 Å². The molecule has 0 atom stereocenters. The van der Waals surface area contributed by atoms with E-state index in [4.69, 9.17) is 5.73 Å². The first kappa shape index (κ1) is 13.1. The molecule has 3 N–H and O–H groups in total. The molecule has 5 heteroatoms. The quantitative estimate of drug-likeness (QED) is 0.900. The summed E-state index contributed by atoms with van der Waals surface area (Å²) in [5.74, 6) is -0.0723. The number of carbonyl (C=O) groups is 1. The summed E-state index contributed by atoms with van der Waals surface area (Å²) < 4.78 is 1.92. The van der Waals surface area contributed by atoms with Crippen LogP contribution < -0.4 is 11.1 Å². The second-order valence-electron chi connectivity index (χ2n) is 5.55. The minimum atomic E-state index is -0.694. The van der Waals surface area contributed by atoms with E-state index in [-0.39, 0.29) is 5.91 Å². The Hall–Kier alpha value is -1.88. The number of nitrogens with zero attached hydrogens (tertiary/aromatic N) is 2. The molecule has 1 aromatic heterocycles. The van der Waals surface area contributed by atoms with Crippen LogP contribution in [0.5, 0.6) is 0 Å². The van der Waals surface area contributed by atoms with Crippen molar-refractivity contribution in [2.45, 2.75) is 44.7 Å². The fourth-order valence-corrected chi connectivity index (χ4v) is 2.89. The Balaban J connectivity index is 1.85. The predicted molar refractivity (Wildman–Crippen MR) is 79.4 cm³/mol. The summed E-state index contributed by atoms with van der Waals surface area (Å²) in [7, 11) is 0. The van der Waals surface area contributed by atoms with E-state index in [1.807, 2.05) is 36.0 Å². The SMILES string of the molecule is CCn1ncc2ccc(NC(=O)C3(N)CCCC3)cc21. The van der Waals surface area contributed by atoms with Crippen molar-refractivity contribution in [3.8, 4) is 0 Å². The summed E-state index contributed by atoms with van der Waals surface area (Å²) in [6, 6.07) is 5.84. The summed E-state index contributed by atoms with van der Waals surface area (Å²) in [6.07, 6.45) is 5.45. The average molecular weight is 272 g/mol. The van der Waals surface area contributed by atoms with Gasteiger partial charge in [0.25, 0.3) is 0 Å². The van der Waals surface area contributed by atoms with Gasteiger partial charge in [0.2, 0.25) is 5.91 Å². The van der Waals surface area contributed by atoms with Crippen LogP contribution in [0.4, 0.5) is 5.69 Å². The number of nitrogens with two attached hydrogens (primary N) is 1. The minimum Gasteiger partial charge on any atom is -0.324 e. The van der Waals surface area contributed by atoms with Gasteiger partial charge in [-0.15, -0.1) is 0 Å². The van der Waals surface area contributed by atoms with Crippen molar-refractivity contribution in [1.29, 1.82) is 0 Å². The Morgan fingerprint density at radius 3 is 2.90 bits per heavy atom. The molecule has 0 bridgehead atoms. The summed E-state index contributed by atoms with van der Waals surface area (Å²) in [4.78, 5) is 12.3. The number of amides is 1. The second kappa shape index (κ2) is 4.90. The third-order valence-electron chi connectivity index (χ3n) is 4.15. The maximum atomic E-state index is 12.3. The number of aryl methyl sites for hydroxylation is 1.